The summed E-state index contributed by atoms with van der Waals surface area (Å²) in [5.74, 6) is 0.210. The first-order chi connectivity index (χ1) is 10.9. The van der Waals surface area contributed by atoms with Gasteiger partial charge in [0.2, 0.25) is 0 Å². The molecule has 0 spiro atoms. The fraction of sp³-hybridized carbons (Fsp3) is 0.294. The molecule has 2 aromatic rings. The van der Waals surface area contributed by atoms with Crippen LogP contribution in [0.5, 0.6) is 0 Å². The van der Waals surface area contributed by atoms with Crippen molar-refractivity contribution in [2.24, 2.45) is 5.10 Å². The first-order valence-electron chi connectivity index (χ1n) is 7.23. The Balaban J connectivity index is 2.11. The molecule has 0 aliphatic rings. The maximum Gasteiger partial charge on any atom is 0.110 e. The molecule has 0 unspecified atom stereocenters. The molecule has 0 fully saturated rings. The Morgan fingerprint density at radius 2 is 2.09 bits per heavy atom. The van der Waals surface area contributed by atoms with E-state index in [1.807, 2.05) is 32.9 Å². The Labute approximate surface area is 140 Å². The van der Waals surface area contributed by atoms with E-state index in [1.54, 1.807) is 12.1 Å². The molecule has 0 aliphatic heterocycles. The van der Waals surface area contributed by atoms with Gasteiger partial charge >= 0.3 is 0 Å². The van der Waals surface area contributed by atoms with Gasteiger partial charge in [-0.15, -0.1) is 0 Å². The second-order valence-corrected chi connectivity index (χ2v) is 5.73. The van der Waals surface area contributed by atoms with Gasteiger partial charge in [0, 0.05) is 23.0 Å². The van der Waals surface area contributed by atoms with E-state index >= 15 is 0 Å². The molecule has 0 aliphatic carbocycles. The van der Waals surface area contributed by atoms with Crippen LogP contribution in [0.4, 0.5) is 5.69 Å². The predicted octanol–water partition coefficient (Wildman–Crippen LogP) is 3.07. The molecule has 1 aromatic heterocycles. The lowest BCUT2D eigenvalue weighted by Crippen LogP contribution is -2.22. The number of nitrogens with zero attached hydrogens (tertiary/aromatic N) is 1. The Bertz CT molecular complexity index is 750. The minimum absolute atomic E-state index is 0.0668. The van der Waals surface area contributed by atoms with Gasteiger partial charge in [-0.1, -0.05) is 17.7 Å². The second kappa shape index (κ2) is 7.33. The third kappa shape index (κ3) is 4.60. The van der Waals surface area contributed by atoms with Crippen molar-refractivity contribution in [1.82, 2.24) is 0 Å². The highest BCUT2D eigenvalue weighted by Gasteiger charge is 2.10. The van der Waals surface area contributed by atoms with E-state index in [4.69, 9.17) is 16.0 Å². The quantitative estimate of drug-likeness (QED) is 0.651. The lowest BCUT2D eigenvalue weighted by Gasteiger charge is -2.04. The molecule has 5 nitrogen and oxygen atoms in total. The first-order valence-corrected chi connectivity index (χ1v) is 7.60. The number of hydrogen-bond donors (Lipinski definition) is 1. The van der Waals surface area contributed by atoms with Gasteiger partial charge in [0.15, 0.2) is 0 Å². The molecular formula is C17H18ClN2O3-. The molecule has 122 valence electrons. The molecule has 0 atom stereocenters. The molecule has 0 saturated heterocycles. The topological polar surface area (TPSA) is 77.7 Å². The van der Waals surface area contributed by atoms with Crippen LogP contribution in [0.25, 0.3) is 0 Å². The van der Waals surface area contributed by atoms with Gasteiger partial charge in [0.05, 0.1) is 11.4 Å². The van der Waals surface area contributed by atoms with Gasteiger partial charge in [-0.2, -0.15) is 5.10 Å². The molecule has 0 amide bonds. The summed E-state index contributed by atoms with van der Waals surface area (Å²) in [6.07, 6.45) is 0.236. The van der Waals surface area contributed by atoms with Crippen LogP contribution in [0.1, 0.15) is 36.0 Å². The summed E-state index contributed by atoms with van der Waals surface area (Å²) in [5, 5.41) is 15.5. The van der Waals surface area contributed by atoms with Gasteiger partial charge in [0.25, 0.3) is 0 Å². The van der Waals surface area contributed by atoms with Crippen LogP contribution in [0, 0.1) is 13.8 Å². The zero-order valence-electron chi connectivity index (χ0n) is 13.3. The highest BCUT2D eigenvalue weighted by atomic mass is 35.5. The summed E-state index contributed by atoms with van der Waals surface area (Å²) in [6.45, 7) is 5.60. The van der Waals surface area contributed by atoms with Crippen LogP contribution in [0.2, 0.25) is 5.02 Å². The van der Waals surface area contributed by atoms with Crippen molar-refractivity contribution in [3.8, 4) is 0 Å². The SMILES string of the molecule is C/C(=N/Nc1ccc(C)c(Cl)c1)c1cc(CCC(=O)[O-])oc1C. The number of anilines is 1. The number of aliphatic carboxylic acids is 1. The molecule has 0 bridgehead atoms. The predicted molar refractivity (Wildman–Crippen MR) is 88.8 cm³/mol. The summed E-state index contributed by atoms with van der Waals surface area (Å²) >= 11 is 6.08. The second-order valence-electron chi connectivity index (χ2n) is 5.33. The number of carbonyl (C=O) groups is 1. The Kier molecular flexibility index (Phi) is 5.45. The van der Waals surface area contributed by atoms with E-state index in [1.165, 1.54) is 0 Å². The van der Waals surface area contributed by atoms with Crippen LogP contribution >= 0.6 is 11.6 Å². The number of hydrogen-bond acceptors (Lipinski definition) is 5. The summed E-state index contributed by atoms with van der Waals surface area (Å²) in [7, 11) is 0. The summed E-state index contributed by atoms with van der Waals surface area (Å²) in [6, 6.07) is 7.42. The fourth-order valence-corrected chi connectivity index (χ4v) is 2.30. The number of benzene rings is 1. The maximum absolute atomic E-state index is 10.5. The molecule has 1 N–H and O–H groups in total. The Hall–Kier alpha value is -2.27. The van der Waals surface area contributed by atoms with Crippen LogP contribution in [-0.2, 0) is 11.2 Å². The zero-order chi connectivity index (χ0) is 17.0. The van der Waals surface area contributed by atoms with E-state index in [-0.39, 0.29) is 6.42 Å². The monoisotopic (exact) mass is 333 g/mol. The van der Waals surface area contributed by atoms with E-state index in [9.17, 15) is 9.90 Å². The number of furan rings is 1. The van der Waals surface area contributed by atoms with E-state index < -0.39 is 5.97 Å². The minimum atomic E-state index is -1.09. The molecule has 23 heavy (non-hydrogen) atoms. The normalized spacial score (nSPS) is 11.6. The zero-order valence-corrected chi connectivity index (χ0v) is 14.0. The Morgan fingerprint density at radius 1 is 1.35 bits per heavy atom. The summed E-state index contributed by atoms with van der Waals surface area (Å²) in [5.41, 5.74) is 6.32. The van der Waals surface area contributed by atoms with Gasteiger partial charge in [-0.3, -0.25) is 5.43 Å². The summed E-state index contributed by atoms with van der Waals surface area (Å²) < 4.78 is 5.55. The number of carbonyl (C=O) groups excluding carboxylic acids is 1. The van der Waals surface area contributed by atoms with Crippen molar-refractivity contribution in [2.45, 2.75) is 33.6 Å². The number of nitrogens with one attached hydrogen (secondary N) is 1. The Morgan fingerprint density at radius 3 is 2.74 bits per heavy atom. The van der Waals surface area contributed by atoms with Crippen molar-refractivity contribution in [3.63, 3.8) is 0 Å². The average Bonchev–Trinajstić information content (AvgIpc) is 2.87. The third-order valence-electron chi connectivity index (χ3n) is 3.46. The largest absolute Gasteiger partial charge is 0.550 e. The number of halogens is 1. The average molecular weight is 334 g/mol. The molecular weight excluding hydrogens is 316 g/mol. The van der Waals surface area contributed by atoms with Crippen molar-refractivity contribution in [1.29, 1.82) is 0 Å². The smallest absolute Gasteiger partial charge is 0.110 e. The highest BCUT2D eigenvalue weighted by molar-refractivity contribution is 6.31. The van der Waals surface area contributed by atoms with Gasteiger partial charge in [-0.25, -0.2) is 0 Å². The lowest BCUT2D eigenvalue weighted by atomic mass is 10.1. The van der Waals surface area contributed by atoms with Crippen molar-refractivity contribution >= 4 is 29.0 Å². The summed E-state index contributed by atoms with van der Waals surface area (Å²) in [4.78, 5) is 10.5. The highest BCUT2D eigenvalue weighted by Crippen LogP contribution is 2.21. The molecule has 1 heterocycles. The molecule has 6 heteroatoms. The molecule has 0 radical (unpaired) electrons. The standard InChI is InChI=1S/C17H19ClN2O3/c1-10-4-5-13(8-16(10)18)20-19-11(2)15-9-14(23-12(15)3)6-7-17(21)22/h4-5,8-9,20H,6-7H2,1-3H3,(H,21,22)/p-1/b19-11-. The van der Waals surface area contributed by atoms with Crippen molar-refractivity contribution in [2.75, 3.05) is 5.43 Å². The van der Waals surface area contributed by atoms with Crippen LogP contribution < -0.4 is 10.5 Å². The van der Waals surface area contributed by atoms with E-state index in [0.717, 1.165) is 22.5 Å². The van der Waals surface area contributed by atoms with Crippen LogP contribution in [0.15, 0.2) is 33.8 Å². The molecule has 0 saturated carbocycles. The van der Waals surface area contributed by atoms with E-state index in [0.29, 0.717) is 23.0 Å². The van der Waals surface area contributed by atoms with Gasteiger partial charge in [-0.05, 0) is 51.0 Å². The molecule has 2 rings (SSSR count). The van der Waals surface area contributed by atoms with E-state index in [2.05, 4.69) is 10.5 Å². The van der Waals surface area contributed by atoms with Crippen LogP contribution in [-0.4, -0.2) is 11.7 Å². The fourth-order valence-electron chi connectivity index (χ4n) is 2.12. The van der Waals surface area contributed by atoms with Gasteiger partial charge < -0.3 is 14.3 Å². The number of carboxylic acid groups (broad SMARTS) is 1. The number of hydrazone groups is 1. The number of aryl methyl sites for hydroxylation is 3. The number of rotatable bonds is 6. The minimum Gasteiger partial charge on any atom is -0.550 e. The first kappa shape index (κ1) is 17.1. The number of carboxylic acids is 1. The van der Waals surface area contributed by atoms with Gasteiger partial charge in [0.1, 0.15) is 11.5 Å². The lowest BCUT2D eigenvalue weighted by molar-refractivity contribution is -0.305. The maximum atomic E-state index is 10.5. The molecule has 1 aromatic carbocycles. The van der Waals surface area contributed by atoms with Crippen molar-refractivity contribution in [3.05, 3.63) is 51.9 Å². The van der Waals surface area contributed by atoms with Crippen LogP contribution in [0.3, 0.4) is 0 Å². The third-order valence-corrected chi connectivity index (χ3v) is 3.87. The van der Waals surface area contributed by atoms with Crippen molar-refractivity contribution < 1.29 is 14.3 Å².